The molecule has 1 fully saturated rings. The van der Waals surface area contributed by atoms with Crippen molar-refractivity contribution in [2.45, 2.75) is 19.3 Å². The molecule has 18 heavy (non-hydrogen) atoms. The third kappa shape index (κ3) is 4.02. The highest BCUT2D eigenvalue weighted by Crippen LogP contribution is 2.23. The molecule has 0 aromatic heterocycles. The minimum absolute atomic E-state index is 0.834. The molecule has 0 radical (unpaired) electrons. The summed E-state index contributed by atoms with van der Waals surface area (Å²) >= 11 is 2.33. The smallest absolute Gasteiger partial charge is 0.0477 e. The lowest BCUT2D eigenvalue weighted by Crippen LogP contribution is -2.30. The Bertz CT molecular complexity index is 387. The molecule has 3 nitrogen and oxygen atoms in total. The Morgan fingerprint density at radius 2 is 2.11 bits per heavy atom. The molecule has 100 valence electrons. The van der Waals surface area contributed by atoms with E-state index in [1.54, 1.807) is 0 Å². The van der Waals surface area contributed by atoms with Crippen molar-refractivity contribution in [3.63, 3.8) is 0 Å². The van der Waals surface area contributed by atoms with Gasteiger partial charge < -0.3 is 16.0 Å². The number of nitrogens with zero attached hydrogens (tertiary/aromatic N) is 1. The van der Waals surface area contributed by atoms with E-state index in [4.69, 9.17) is 5.73 Å². The molecular formula is C14H22IN3. The van der Waals surface area contributed by atoms with E-state index in [9.17, 15) is 0 Å². The Hall–Kier alpha value is -0.490. The normalized spacial score (nSPS) is 17.9. The molecule has 3 N–H and O–H groups in total. The van der Waals surface area contributed by atoms with Crippen LogP contribution in [0.4, 0.5) is 11.4 Å². The fourth-order valence-electron chi connectivity index (χ4n) is 2.44. The Kier molecular flexibility index (Phi) is 5.12. The number of nitrogen functional groups attached to an aromatic ring is 1. The maximum atomic E-state index is 5.75. The molecule has 1 saturated heterocycles. The van der Waals surface area contributed by atoms with E-state index < -0.39 is 0 Å². The lowest BCUT2D eigenvalue weighted by atomic mass is 9.94. The van der Waals surface area contributed by atoms with Crippen LogP contribution in [0.25, 0.3) is 0 Å². The maximum Gasteiger partial charge on any atom is 0.0477 e. The summed E-state index contributed by atoms with van der Waals surface area (Å²) in [7, 11) is 2.21. The molecule has 0 aliphatic carbocycles. The van der Waals surface area contributed by atoms with Gasteiger partial charge in [0.15, 0.2) is 0 Å². The van der Waals surface area contributed by atoms with Crippen molar-refractivity contribution < 1.29 is 0 Å². The second-order valence-corrected chi connectivity index (χ2v) is 6.36. The highest BCUT2D eigenvalue weighted by molar-refractivity contribution is 14.1. The summed E-state index contributed by atoms with van der Waals surface area (Å²) in [6, 6.07) is 6.05. The molecule has 0 bridgehead atoms. The van der Waals surface area contributed by atoms with Crippen LogP contribution < -0.4 is 11.1 Å². The number of benzene rings is 1. The number of halogens is 1. The molecule has 0 spiro atoms. The van der Waals surface area contributed by atoms with Gasteiger partial charge in [0, 0.05) is 21.5 Å². The van der Waals surface area contributed by atoms with Crippen molar-refractivity contribution >= 4 is 34.0 Å². The van der Waals surface area contributed by atoms with E-state index >= 15 is 0 Å². The minimum Gasteiger partial charge on any atom is -0.399 e. The van der Waals surface area contributed by atoms with Crippen LogP contribution in [0.1, 0.15) is 19.3 Å². The summed E-state index contributed by atoms with van der Waals surface area (Å²) in [5.41, 5.74) is 7.79. The Balaban J connectivity index is 1.75. The van der Waals surface area contributed by atoms with Crippen LogP contribution >= 0.6 is 22.6 Å². The number of anilines is 2. The van der Waals surface area contributed by atoms with Crippen LogP contribution in [-0.2, 0) is 0 Å². The molecule has 4 heteroatoms. The fraction of sp³-hybridized carbons (Fsp3) is 0.571. The van der Waals surface area contributed by atoms with Gasteiger partial charge in [0.2, 0.25) is 0 Å². The maximum absolute atomic E-state index is 5.75. The molecule has 0 atom stereocenters. The van der Waals surface area contributed by atoms with Crippen LogP contribution in [0.5, 0.6) is 0 Å². The van der Waals surface area contributed by atoms with E-state index in [2.05, 4.69) is 45.9 Å². The van der Waals surface area contributed by atoms with E-state index in [-0.39, 0.29) is 0 Å². The second kappa shape index (κ2) is 6.61. The summed E-state index contributed by atoms with van der Waals surface area (Å²) in [5.74, 6) is 0.889. The molecule has 0 amide bonds. The highest BCUT2D eigenvalue weighted by Gasteiger charge is 2.15. The number of nitrogens with two attached hydrogens (primary N) is 1. The summed E-state index contributed by atoms with van der Waals surface area (Å²) in [5, 5.41) is 3.52. The summed E-state index contributed by atoms with van der Waals surface area (Å²) < 4.78 is 1.20. The zero-order valence-corrected chi connectivity index (χ0v) is 13.1. The van der Waals surface area contributed by atoms with Gasteiger partial charge in [0.05, 0.1) is 0 Å². The van der Waals surface area contributed by atoms with E-state index in [1.807, 2.05) is 12.1 Å². The third-order valence-corrected chi connectivity index (χ3v) is 4.59. The van der Waals surface area contributed by atoms with Crippen LogP contribution in [0, 0.1) is 9.49 Å². The van der Waals surface area contributed by atoms with E-state index in [0.717, 1.165) is 18.2 Å². The molecule has 1 heterocycles. The predicted molar refractivity (Wildman–Crippen MR) is 86.9 cm³/mol. The minimum atomic E-state index is 0.834. The first kappa shape index (κ1) is 13.9. The lowest BCUT2D eigenvalue weighted by Gasteiger charge is -2.29. The summed E-state index contributed by atoms with van der Waals surface area (Å²) in [6.07, 6.45) is 3.96. The average molecular weight is 359 g/mol. The van der Waals surface area contributed by atoms with Crippen molar-refractivity contribution in [2.75, 3.05) is 37.7 Å². The van der Waals surface area contributed by atoms with Crippen molar-refractivity contribution in [3.8, 4) is 0 Å². The first-order valence-corrected chi connectivity index (χ1v) is 7.70. The number of hydrogen-bond acceptors (Lipinski definition) is 3. The number of likely N-dealkylation sites (tertiary alicyclic amines) is 1. The monoisotopic (exact) mass is 359 g/mol. The third-order valence-electron chi connectivity index (χ3n) is 3.70. The highest BCUT2D eigenvalue weighted by atomic mass is 127. The molecule has 1 aliphatic heterocycles. The first-order chi connectivity index (χ1) is 8.65. The van der Waals surface area contributed by atoms with E-state index in [0.29, 0.717) is 0 Å². The van der Waals surface area contributed by atoms with Gasteiger partial charge in [-0.2, -0.15) is 0 Å². The molecule has 0 unspecified atom stereocenters. The van der Waals surface area contributed by atoms with Gasteiger partial charge in [-0.05, 0) is 86.1 Å². The van der Waals surface area contributed by atoms with Crippen LogP contribution in [-0.4, -0.2) is 31.6 Å². The Morgan fingerprint density at radius 1 is 1.39 bits per heavy atom. The molecular weight excluding hydrogens is 337 g/mol. The van der Waals surface area contributed by atoms with Gasteiger partial charge in [0.25, 0.3) is 0 Å². The van der Waals surface area contributed by atoms with Crippen LogP contribution in [0.3, 0.4) is 0 Å². The Morgan fingerprint density at radius 3 is 2.78 bits per heavy atom. The largest absolute Gasteiger partial charge is 0.399 e. The van der Waals surface area contributed by atoms with Gasteiger partial charge in [-0.25, -0.2) is 0 Å². The molecule has 1 aromatic rings. The number of piperidine rings is 1. The van der Waals surface area contributed by atoms with Crippen LogP contribution in [0.2, 0.25) is 0 Å². The van der Waals surface area contributed by atoms with Gasteiger partial charge >= 0.3 is 0 Å². The van der Waals surface area contributed by atoms with Crippen molar-refractivity contribution in [1.82, 2.24) is 4.90 Å². The topological polar surface area (TPSA) is 41.3 Å². The van der Waals surface area contributed by atoms with Gasteiger partial charge in [-0.3, -0.25) is 0 Å². The van der Waals surface area contributed by atoms with Crippen molar-refractivity contribution in [2.24, 2.45) is 5.92 Å². The van der Waals surface area contributed by atoms with Crippen LogP contribution in [0.15, 0.2) is 18.2 Å². The first-order valence-electron chi connectivity index (χ1n) is 6.62. The van der Waals surface area contributed by atoms with Crippen molar-refractivity contribution in [1.29, 1.82) is 0 Å². The Labute approximate surface area is 123 Å². The quantitative estimate of drug-likeness (QED) is 0.642. The van der Waals surface area contributed by atoms with Crippen molar-refractivity contribution in [3.05, 3.63) is 21.8 Å². The van der Waals surface area contributed by atoms with Gasteiger partial charge in [0.1, 0.15) is 0 Å². The summed E-state index contributed by atoms with van der Waals surface area (Å²) in [6.45, 7) is 3.57. The zero-order valence-electron chi connectivity index (χ0n) is 11.0. The molecule has 1 aliphatic rings. The SMILES string of the molecule is CN1CCC(CCNc2ccc(N)cc2I)CC1. The number of rotatable bonds is 4. The molecule has 0 saturated carbocycles. The number of nitrogens with one attached hydrogen (secondary N) is 1. The fourth-order valence-corrected chi connectivity index (χ4v) is 3.17. The molecule has 1 aromatic carbocycles. The zero-order chi connectivity index (χ0) is 13.0. The summed E-state index contributed by atoms with van der Waals surface area (Å²) in [4.78, 5) is 2.42. The number of hydrogen-bond donors (Lipinski definition) is 2. The molecule has 2 rings (SSSR count). The van der Waals surface area contributed by atoms with Gasteiger partial charge in [-0.15, -0.1) is 0 Å². The van der Waals surface area contributed by atoms with E-state index in [1.165, 1.54) is 41.6 Å². The predicted octanol–water partition coefficient (Wildman–Crippen LogP) is 3.02. The van der Waals surface area contributed by atoms with Gasteiger partial charge in [-0.1, -0.05) is 0 Å². The second-order valence-electron chi connectivity index (χ2n) is 5.20. The standard InChI is InChI=1S/C14H22IN3/c1-18-8-5-11(6-9-18)4-7-17-14-3-2-12(16)10-13(14)15/h2-3,10-11,17H,4-9,16H2,1H3. The lowest BCUT2D eigenvalue weighted by molar-refractivity contribution is 0.215. The average Bonchev–Trinajstić information content (AvgIpc) is 2.34.